The average Bonchev–Trinajstić information content (AvgIpc) is 2.73. The van der Waals surface area contributed by atoms with Crippen LogP contribution in [0.1, 0.15) is 29.9 Å². The molecule has 1 fully saturated rings. The largest absolute Gasteiger partial charge is 0.435 e. The molecule has 9 heteroatoms. The zero-order valence-corrected chi connectivity index (χ0v) is 17.3. The molecule has 4 rings (SSSR count). The lowest BCUT2D eigenvalue weighted by Crippen LogP contribution is -2.39. The molecule has 1 aromatic carbocycles. The zero-order valence-electron chi connectivity index (χ0n) is 17.3. The molecular weight excluding hydrogens is 402 g/mol. The first kappa shape index (κ1) is 20.7. The third-order valence-corrected chi connectivity index (χ3v) is 5.30. The Kier molecular flexibility index (Phi) is 5.80. The van der Waals surface area contributed by atoms with E-state index in [2.05, 4.69) is 36.0 Å². The highest BCUT2D eigenvalue weighted by Gasteiger charge is 2.22. The van der Waals surface area contributed by atoms with Crippen molar-refractivity contribution >= 4 is 22.4 Å². The smallest absolute Gasteiger partial charge is 0.387 e. The molecule has 0 saturated carbocycles. The maximum atomic E-state index is 12.6. The molecule has 0 atom stereocenters. The van der Waals surface area contributed by atoms with Crippen LogP contribution in [0.4, 0.5) is 20.3 Å². The monoisotopic (exact) mass is 424 g/mol. The highest BCUT2D eigenvalue weighted by molar-refractivity contribution is 5.95. The Morgan fingerprint density at radius 1 is 1.19 bits per heavy atom. The molecule has 1 aliphatic heterocycles. The first-order valence-corrected chi connectivity index (χ1v) is 10.0. The third-order valence-electron chi connectivity index (χ3n) is 5.30. The maximum Gasteiger partial charge on any atom is 0.387 e. The van der Waals surface area contributed by atoms with Gasteiger partial charge in [-0.3, -0.25) is 4.98 Å². The number of nitrogens with zero attached hydrogens (tertiary/aromatic N) is 5. The van der Waals surface area contributed by atoms with Crippen molar-refractivity contribution in [2.75, 3.05) is 23.3 Å². The fourth-order valence-electron chi connectivity index (χ4n) is 3.90. The summed E-state index contributed by atoms with van der Waals surface area (Å²) >= 11 is 0. The van der Waals surface area contributed by atoms with Crippen molar-refractivity contribution in [2.45, 2.75) is 39.3 Å². The number of hydrogen-bond donors (Lipinski definition) is 1. The number of pyridine rings is 1. The summed E-state index contributed by atoms with van der Waals surface area (Å²) in [5, 5.41) is 13.6. The molecule has 160 valence electrons. The number of nitrogens with one attached hydrogen (secondary N) is 1. The second-order valence-corrected chi connectivity index (χ2v) is 7.54. The van der Waals surface area contributed by atoms with Gasteiger partial charge < -0.3 is 15.0 Å². The van der Waals surface area contributed by atoms with Gasteiger partial charge in [-0.15, -0.1) is 0 Å². The Balaban J connectivity index is 1.55. The summed E-state index contributed by atoms with van der Waals surface area (Å²) in [6.07, 6.45) is 3.17. The van der Waals surface area contributed by atoms with Crippen molar-refractivity contribution in [2.24, 2.45) is 0 Å². The highest BCUT2D eigenvalue weighted by atomic mass is 19.3. The van der Waals surface area contributed by atoms with Gasteiger partial charge in [0.25, 0.3) is 0 Å². The Bertz CT molecular complexity index is 1120. The number of hydrogen-bond acceptors (Lipinski definition) is 7. The molecule has 0 bridgehead atoms. The van der Waals surface area contributed by atoms with Crippen molar-refractivity contribution in [3.63, 3.8) is 0 Å². The van der Waals surface area contributed by atoms with Crippen LogP contribution in [-0.2, 0) is 0 Å². The molecule has 1 aliphatic rings. The van der Waals surface area contributed by atoms with Crippen LogP contribution in [0.5, 0.6) is 5.75 Å². The summed E-state index contributed by atoms with van der Waals surface area (Å²) in [5.41, 5.74) is 2.50. The molecule has 0 unspecified atom stereocenters. The van der Waals surface area contributed by atoms with Gasteiger partial charge >= 0.3 is 6.61 Å². The second kappa shape index (κ2) is 8.68. The normalized spacial score (nSPS) is 14.6. The predicted octanol–water partition coefficient (Wildman–Crippen LogP) is 4.20. The first-order valence-electron chi connectivity index (χ1n) is 10.0. The van der Waals surface area contributed by atoms with Crippen molar-refractivity contribution in [1.82, 2.24) is 15.0 Å². The number of rotatable bonds is 5. The Hall–Kier alpha value is -3.54. The van der Waals surface area contributed by atoms with Gasteiger partial charge in [0.05, 0.1) is 16.8 Å². The zero-order chi connectivity index (χ0) is 22.0. The number of benzene rings is 1. The van der Waals surface area contributed by atoms with Gasteiger partial charge in [0.1, 0.15) is 23.5 Å². The molecule has 3 aromatic rings. The molecule has 31 heavy (non-hydrogen) atoms. The predicted molar refractivity (Wildman–Crippen MR) is 113 cm³/mol. The van der Waals surface area contributed by atoms with Gasteiger partial charge in [-0.2, -0.15) is 14.0 Å². The summed E-state index contributed by atoms with van der Waals surface area (Å²) in [4.78, 5) is 15.4. The number of nitriles is 1. The molecule has 0 aliphatic carbocycles. The van der Waals surface area contributed by atoms with Crippen LogP contribution in [0, 0.1) is 25.2 Å². The van der Waals surface area contributed by atoms with Crippen LogP contribution in [0.25, 0.3) is 10.9 Å². The third kappa shape index (κ3) is 4.63. The van der Waals surface area contributed by atoms with Gasteiger partial charge in [0.2, 0.25) is 0 Å². The second-order valence-electron chi connectivity index (χ2n) is 7.54. The van der Waals surface area contributed by atoms with Crippen LogP contribution in [0.15, 0.2) is 30.5 Å². The Morgan fingerprint density at radius 2 is 1.97 bits per heavy atom. The van der Waals surface area contributed by atoms with E-state index in [4.69, 9.17) is 0 Å². The van der Waals surface area contributed by atoms with E-state index in [1.54, 1.807) is 6.07 Å². The van der Waals surface area contributed by atoms with Crippen molar-refractivity contribution in [3.05, 3.63) is 47.5 Å². The van der Waals surface area contributed by atoms with E-state index in [1.807, 2.05) is 19.9 Å². The lowest BCUT2D eigenvalue weighted by Gasteiger charge is -2.34. The molecule has 1 N–H and O–H groups in total. The molecular formula is C22H22F2N6O. The summed E-state index contributed by atoms with van der Waals surface area (Å²) in [7, 11) is 0. The Labute approximate surface area is 178 Å². The molecule has 0 radical (unpaired) electrons. The average molecular weight is 424 g/mol. The van der Waals surface area contributed by atoms with E-state index >= 15 is 0 Å². The fraction of sp³-hybridized carbons (Fsp3) is 0.364. The van der Waals surface area contributed by atoms with Crippen LogP contribution >= 0.6 is 0 Å². The molecule has 1 saturated heterocycles. The minimum absolute atomic E-state index is 0.0340. The number of halogens is 2. The van der Waals surface area contributed by atoms with E-state index in [9.17, 15) is 14.0 Å². The SMILES string of the molecule is Cc1cc(N2CCC(Nc3c(C#N)cnc4ccc(OC(F)F)cc34)CC2)nc(C)n1. The van der Waals surface area contributed by atoms with Gasteiger partial charge in [-0.05, 0) is 44.9 Å². The first-order chi connectivity index (χ1) is 14.9. The lowest BCUT2D eigenvalue weighted by molar-refractivity contribution is -0.0497. The number of piperidine rings is 1. The topological polar surface area (TPSA) is 87.0 Å². The number of alkyl halides is 2. The van der Waals surface area contributed by atoms with E-state index in [1.165, 1.54) is 18.3 Å². The molecule has 0 spiro atoms. The van der Waals surface area contributed by atoms with Gasteiger partial charge in [-0.1, -0.05) is 0 Å². The molecule has 7 nitrogen and oxygen atoms in total. The minimum atomic E-state index is -2.92. The number of ether oxygens (including phenoxy) is 1. The van der Waals surface area contributed by atoms with Gasteiger partial charge in [0, 0.05) is 42.5 Å². The molecule has 2 aromatic heterocycles. The number of aryl methyl sites for hydroxylation is 2. The summed E-state index contributed by atoms with van der Waals surface area (Å²) in [5.74, 6) is 1.70. The quantitative estimate of drug-likeness (QED) is 0.657. The molecule has 3 heterocycles. The number of aromatic nitrogens is 3. The lowest BCUT2D eigenvalue weighted by atomic mass is 10.0. The van der Waals surface area contributed by atoms with Crippen LogP contribution in [0.3, 0.4) is 0 Å². The highest BCUT2D eigenvalue weighted by Crippen LogP contribution is 2.31. The van der Waals surface area contributed by atoms with E-state index < -0.39 is 6.61 Å². The standard InChI is InChI=1S/C22H22F2N6O/c1-13-9-20(28-14(2)27-13)30-7-5-16(6-8-30)29-21-15(11-25)12-26-19-4-3-17(10-18(19)21)31-22(23)24/h3-4,9-10,12,16,22H,5-8H2,1-2H3,(H,26,29). The van der Waals surface area contributed by atoms with Crippen molar-refractivity contribution in [3.8, 4) is 11.8 Å². The fourth-order valence-corrected chi connectivity index (χ4v) is 3.90. The van der Waals surface area contributed by atoms with Crippen molar-refractivity contribution in [1.29, 1.82) is 5.26 Å². The van der Waals surface area contributed by atoms with E-state index in [0.29, 0.717) is 22.2 Å². The summed E-state index contributed by atoms with van der Waals surface area (Å²) < 4.78 is 29.8. The number of fused-ring (bicyclic) bond motifs is 1. The summed E-state index contributed by atoms with van der Waals surface area (Å²) in [6, 6.07) is 8.81. The van der Waals surface area contributed by atoms with E-state index in [-0.39, 0.29) is 11.8 Å². The van der Waals surface area contributed by atoms with Crippen LogP contribution < -0.4 is 15.0 Å². The van der Waals surface area contributed by atoms with Gasteiger partial charge in [0.15, 0.2) is 0 Å². The van der Waals surface area contributed by atoms with Gasteiger partial charge in [-0.25, -0.2) is 9.97 Å². The maximum absolute atomic E-state index is 12.6. The van der Waals surface area contributed by atoms with Crippen LogP contribution in [-0.4, -0.2) is 40.7 Å². The van der Waals surface area contributed by atoms with E-state index in [0.717, 1.165) is 43.3 Å². The number of anilines is 2. The molecule has 0 amide bonds. The van der Waals surface area contributed by atoms with Crippen molar-refractivity contribution < 1.29 is 13.5 Å². The summed E-state index contributed by atoms with van der Waals surface area (Å²) in [6.45, 7) is 2.53. The minimum Gasteiger partial charge on any atom is -0.435 e. The Morgan fingerprint density at radius 3 is 2.65 bits per heavy atom. The van der Waals surface area contributed by atoms with Crippen LogP contribution in [0.2, 0.25) is 0 Å².